The molecule has 1 aromatic carbocycles. The second kappa shape index (κ2) is 8.39. The van der Waals surface area contributed by atoms with Crippen LogP contribution in [0.4, 0.5) is 0 Å². The molecule has 5 heteroatoms. The van der Waals surface area contributed by atoms with Crippen LogP contribution in [0.2, 0.25) is 0 Å². The minimum Gasteiger partial charge on any atom is -0.373 e. The summed E-state index contributed by atoms with van der Waals surface area (Å²) in [7, 11) is -3.67. The molecule has 0 bridgehead atoms. The Labute approximate surface area is 123 Å². The standard InChI is InChI=1S/C13H20O4S.C2H6/c1-11-5-7-12(8-6-11)18(14,15)17-10-9-16-13(2,3)4;1-2/h5-8H,9-10H2,1-4H3;1-2H3. The Morgan fingerprint density at radius 2 is 1.50 bits per heavy atom. The average Bonchev–Trinajstić information content (AvgIpc) is 2.37. The molecular weight excluding hydrogens is 276 g/mol. The number of aryl methyl sites for hydroxylation is 1. The Hall–Kier alpha value is -0.910. The molecule has 0 N–H and O–H groups in total. The van der Waals surface area contributed by atoms with E-state index in [9.17, 15) is 8.42 Å². The lowest BCUT2D eigenvalue weighted by molar-refractivity contribution is -0.0156. The van der Waals surface area contributed by atoms with Crippen LogP contribution in [0.25, 0.3) is 0 Å². The van der Waals surface area contributed by atoms with Crippen molar-refractivity contribution in [1.82, 2.24) is 0 Å². The Bertz CT molecular complexity index is 470. The second-order valence-corrected chi connectivity index (χ2v) is 6.67. The average molecular weight is 302 g/mol. The van der Waals surface area contributed by atoms with Crippen molar-refractivity contribution in [3.05, 3.63) is 29.8 Å². The summed E-state index contributed by atoms with van der Waals surface area (Å²) in [6.45, 7) is 11.9. The van der Waals surface area contributed by atoms with Gasteiger partial charge in [0.05, 0.1) is 23.7 Å². The highest BCUT2D eigenvalue weighted by Gasteiger charge is 2.15. The third kappa shape index (κ3) is 7.62. The predicted octanol–water partition coefficient (Wildman–Crippen LogP) is 3.54. The summed E-state index contributed by atoms with van der Waals surface area (Å²) in [5.41, 5.74) is 0.710. The van der Waals surface area contributed by atoms with Crippen molar-refractivity contribution >= 4 is 10.1 Å². The number of ether oxygens (including phenoxy) is 1. The fourth-order valence-electron chi connectivity index (χ4n) is 1.26. The van der Waals surface area contributed by atoms with Gasteiger partial charge in [-0.2, -0.15) is 8.42 Å². The maximum absolute atomic E-state index is 11.8. The molecule has 0 saturated heterocycles. The van der Waals surface area contributed by atoms with E-state index in [-0.39, 0.29) is 23.7 Å². The summed E-state index contributed by atoms with van der Waals surface area (Å²) in [5, 5.41) is 0. The SMILES string of the molecule is CC.Cc1ccc(S(=O)(=O)OCCOC(C)(C)C)cc1. The zero-order valence-corrected chi connectivity index (χ0v) is 14.1. The van der Waals surface area contributed by atoms with Gasteiger partial charge in [0.25, 0.3) is 10.1 Å². The molecule has 4 nitrogen and oxygen atoms in total. The maximum Gasteiger partial charge on any atom is 0.297 e. The molecule has 0 fully saturated rings. The van der Waals surface area contributed by atoms with E-state index in [1.54, 1.807) is 12.1 Å². The van der Waals surface area contributed by atoms with Gasteiger partial charge in [0.15, 0.2) is 0 Å². The Kier molecular flexibility index (Phi) is 8.01. The van der Waals surface area contributed by atoms with E-state index in [4.69, 9.17) is 8.92 Å². The fraction of sp³-hybridized carbons (Fsp3) is 0.600. The molecule has 20 heavy (non-hydrogen) atoms. The molecule has 1 rings (SSSR count). The van der Waals surface area contributed by atoms with Crippen molar-refractivity contribution in [2.24, 2.45) is 0 Å². The molecule has 0 spiro atoms. The first-order chi connectivity index (χ1) is 9.21. The summed E-state index contributed by atoms with van der Waals surface area (Å²) >= 11 is 0. The normalized spacial score (nSPS) is 11.7. The fourth-order valence-corrected chi connectivity index (χ4v) is 2.16. The molecular formula is C15H26O4S. The van der Waals surface area contributed by atoms with Crippen molar-refractivity contribution in [3.63, 3.8) is 0 Å². The van der Waals surface area contributed by atoms with Crippen LogP contribution in [-0.4, -0.2) is 27.2 Å². The first kappa shape index (κ1) is 19.1. The quantitative estimate of drug-likeness (QED) is 0.616. The molecule has 0 radical (unpaired) electrons. The van der Waals surface area contributed by atoms with Crippen LogP contribution < -0.4 is 0 Å². The number of benzene rings is 1. The van der Waals surface area contributed by atoms with Crippen LogP contribution >= 0.6 is 0 Å². The third-order valence-electron chi connectivity index (χ3n) is 2.17. The summed E-state index contributed by atoms with van der Waals surface area (Å²) in [6, 6.07) is 6.55. The summed E-state index contributed by atoms with van der Waals surface area (Å²) in [4.78, 5) is 0.170. The van der Waals surface area contributed by atoms with E-state index in [0.29, 0.717) is 0 Å². The van der Waals surface area contributed by atoms with Gasteiger partial charge in [-0.25, -0.2) is 0 Å². The van der Waals surface area contributed by atoms with Gasteiger partial charge in [0.1, 0.15) is 0 Å². The molecule has 0 aliphatic heterocycles. The van der Waals surface area contributed by atoms with Crippen LogP contribution in [0.3, 0.4) is 0 Å². The minimum atomic E-state index is -3.67. The van der Waals surface area contributed by atoms with Gasteiger partial charge in [0.2, 0.25) is 0 Å². The highest BCUT2D eigenvalue weighted by atomic mass is 32.2. The Morgan fingerprint density at radius 3 is 1.95 bits per heavy atom. The van der Waals surface area contributed by atoms with E-state index < -0.39 is 10.1 Å². The summed E-state index contributed by atoms with van der Waals surface area (Å²) < 4.78 is 33.9. The largest absolute Gasteiger partial charge is 0.373 e. The van der Waals surface area contributed by atoms with Gasteiger partial charge in [-0.15, -0.1) is 0 Å². The van der Waals surface area contributed by atoms with Crippen molar-refractivity contribution in [2.75, 3.05) is 13.2 Å². The number of rotatable bonds is 5. The number of hydrogen-bond donors (Lipinski definition) is 0. The molecule has 0 aromatic heterocycles. The smallest absolute Gasteiger partial charge is 0.297 e. The van der Waals surface area contributed by atoms with Gasteiger partial charge >= 0.3 is 0 Å². The summed E-state index contributed by atoms with van der Waals surface area (Å²) in [6.07, 6.45) is 0. The van der Waals surface area contributed by atoms with Gasteiger partial charge in [-0.3, -0.25) is 4.18 Å². The van der Waals surface area contributed by atoms with E-state index >= 15 is 0 Å². The molecule has 1 aromatic rings. The maximum atomic E-state index is 11.8. The zero-order valence-electron chi connectivity index (χ0n) is 13.3. The van der Waals surface area contributed by atoms with Crippen molar-refractivity contribution < 1.29 is 17.3 Å². The lowest BCUT2D eigenvalue weighted by Gasteiger charge is -2.19. The molecule has 0 aliphatic carbocycles. The Balaban J connectivity index is 0.00000172. The lowest BCUT2D eigenvalue weighted by Crippen LogP contribution is -2.22. The predicted molar refractivity (Wildman–Crippen MR) is 81.4 cm³/mol. The van der Waals surface area contributed by atoms with Crippen LogP contribution in [0.5, 0.6) is 0 Å². The van der Waals surface area contributed by atoms with Gasteiger partial charge < -0.3 is 4.74 Å². The molecule has 0 amide bonds. The van der Waals surface area contributed by atoms with Crippen LogP contribution in [0, 0.1) is 6.92 Å². The summed E-state index contributed by atoms with van der Waals surface area (Å²) in [5.74, 6) is 0. The zero-order chi connectivity index (χ0) is 15.8. The molecule has 116 valence electrons. The van der Waals surface area contributed by atoms with E-state index in [0.717, 1.165) is 5.56 Å². The monoisotopic (exact) mass is 302 g/mol. The molecule has 0 unspecified atom stereocenters. The minimum absolute atomic E-state index is 0.0213. The van der Waals surface area contributed by atoms with Gasteiger partial charge in [-0.05, 0) is 39.8 Å². The highest BCUT2D eigenvalue weighted by molar-refractivity contribution is 7.86. The highest BCUT2D eigenvalue weighted by Crippen LogP contribution is 2.13. The molecule has 0 atom stereocenters. The van der Waals surface area contributed by atoms with E-state index in [2.05, 4.69) is 0 Å². The van der Waals surface area contributed by atoms with E-state index in [1.165, 1.54) is 12.1 Å². The second-order valence-electron chi connectivity index (χ2n) is 5.05. The molecule has 0 aliphatic rings. The number of hydrogen-bond acceptors (Lipinski definition) is 4. The van der Waals surface area contributed by atoms with Crippen LogP contribution in [0.1, 0.15) is 40.2 Å². The molecule has 0 heterocycles. The first-order valence-electron chi connectivity index (χ1n) is 6.81. The van der Waals surface area contributed by atoms with Gasteiger partial charge in [0, 0.05) is 0 Å². The topological polar surface area (TPSA) is 52.6 Å². The van der Waals surface area contributed by atoms with Crippen molar-refractivity contribution in [2.45, 2.75) is 52.0 Å². The Morgan fingerprint density at radius 1 is 1.00 bits per heavy atom. The van der Waals surface area contributed by atoms with E-state index in [1.807, 2.05) is 41.5 Å². The third-order valence-corrected chi connectivity index (χ3v) is 3.49. The molecule has 0 saturated carbocycles. The van der Waals surface area contributed by atoms with Crippen molar-refractivity contribution in [3.8, 4) is 0 Å². The van der Waals surface area contributed by atoms with Crippen LogP contribution in [-0.2, 0) is 19.0 Å². The van der Waals surface area contributed by atoms with Gasteiger partial charge in [-0.1, -0.05) is 31.5 Å². The van der Waals surface area contributed by atoms with Crippen LogP contribution in [0.15, 0.2) is 29.2 Å². The first-order valence-corrected chi connectivity index (χ1v) is 8.22. The van der Waals surface area contributed by atoms with Crippen molar-refractivity contribution in [1.29, 1.82) is 0 Å². The lowest BCUT2D eigenvalue weighted by atomic mass is 10.2.